The Morgan fingerprint density at radius 1 is 1.27 bits per heavy atom. The van der Waals surface area contributed by atoms with E-state index in [1.165, 1.54) is 0 Å². The molecule has 1 atom stereocenters. The average Bonchev–Trinajstić information content (AvgIpc) is 3.14. The number of rotatable bonds is 5. The molecule has 0 saturated carbocycles. The highest BCUT2D eigenvalue weighted by atomic mass is 35.5. The van der Waals surface area contributed by atoms with Crippen molar-refractivity contribution in [2.75, 3.05) is 6.61 Å². The molecular weight excluding hydrogens is 423 g/mol. The first kappa shape index (κ1) is 20.1. The second-order valence-electron chi connectivity index (χ2n) is 6.75. The molecule has 1 aliphatic rings. The SMILES string of the molecule is CCCOc1ccccc1[C@@H]1C(C#N)=C(N)Oc2n[nH]c(-c3ccc(Cl)cc3Cl)c21. The minimum atomic E-state index is -0.535. The predicted octanol–water partition coefficient (Wildman–Crippen LogP) is 5.39. The molecule has 0 saturated heterocycles. The number of hydrogen-bond acceptors (Lipinski definition) is 5. The van der Waals surface area contributed by atoms with E-state index in [1.54, 1.807) is 18.2 Å². The van der Waals surface area contributed by atoms with Crippen LogP contribution < -0.4 is 15.2 Å². The predicted molar refractivity (Wildman–Crippen MR) is 116 cm³/mol. The highest BCUT2D eigenvalue weighted by Gasteiger charge is 2.37. The van der Waals surface area contributed by atoms with Crippen LogP contribution in [0.25, 0.3) is 11.3 Å². The van der Waals surface area contributed by atoms with Crippen molar-refractivity contribution in [1.82, 2.24) is 10.2 Å². The molecular formula is C22H18Cl2N4O2. The first-order valence-electron chi connectivity index (χ1n) is 9.38. The molecule has 2 heterocycles. The average molecular weight is 441 g/mol. The fourth-order valence-corrected chi connectivity index (χ4v) is 4.02. The van der Waals surface area contributed by atoms with Crippen LogP contribution >= 0.6 is 23.2 Å². The summed E-state index contributed by atoms with van der Waals surface area (Å²) in [4.78, 5) is 0. The monoisotopic (exact) mass is 440 g/mol. The van der Waals surface area contributed by atoms with Crippen molar-refractivity contribution in [2.24, 2.45) is 5.73 Å². The summed E-state index contributed by atoms with van der Waals surface area (Å²) in [6.45, 7) is 2.58. The fraction of sp³-hybridized carbons (Fsp3) is 0.182. The largest absolute Gasteiger partial charge is 0.493 e. The summed E-state index contributed by atoms with van der Waals surface area (Å²) in [6, 6.07) is 14.9. The van der Waals surface area contributed by atoms with Crippen LogP contribution in [0.5, 0.6) is 11.6 Å². The van der Waals surface area contributed by atoms with Crippen LogP contribution in [0.1, 0.15) is 30.4 Å². The van der Waals surface area contributed by atoms with Crippen LogP contribution in [0.15, 0.2) is 53.9 Å². The fourth-order valence-electron chi connectivity index (χ4n) is 3.52. The molecule has 3 aromatic rings. The van der Waals surface area contributed by atoms with Gasteiger partial charge in [0.25, 0.3) is 0 Å². The van der Waals surface area contributed by atoms with Gasteiger partial charge >= 0.3 is 0 Å². The van der Waals surface area contributed by atoms with Crippen molar-refractivity contribution in [2.45, 2.75) is 19.3 Å². The number of nitriles is 1. The van der Waals surface area contributed by atoms with E-state index < -0.39 is 5.92 Å². The molecule has 152 valence electrons. The molecule has 0 aliphatic carbocycles. The van der Waals surface area contributed by atoms with E-state index >= 15 is 0 Å². The van der Waals surface area contributed by atoms with Crippen molar-refractivity contribution < 1.29 is 9.47 Å². The zero-order valence-electron chi connectivity index (χ0n) is 16.1. The topological polar surface area (TPSA) is 96.9 Å². The molecule has 0 bridgehead atoms. The van der Waals surface area contributed by atoms with Gasteiger partial charge in [0.1, 0.15) is 17.4 Å². The zero-order chi connectivity index (χ0) is 21.3. The molecule has 6 nitrogen and oxygen atoms in total. The lowest BCUT2D eigenvalue weighted by atomic mass is 9.82. The number of hydrogen-bond donors (Lipinski definition) is 2. The van der Waals surface area contributed by atoms with Crippen LogP contribution in [0, 0.1) is 11.3 Å². The van der Waals surface area contributed by atoms with E-state index in [2.05, 4.69) is 16.3 Å². The summed E-state index contributed by atoms with van der Waals surface area (Å²) >= 11 is 12.5. The molecule has 4 rings (SSSR count). The van der Waals surface area contributed by atoms with Gasteiger partial charge in [-0.25, -0.2) is 0 Å². The Balaban J connectivity index is 1.95. The van der Waals surface area contributed by atoms with Crippen molar-refractivity contribution in [3.8, 4) is 29.0 Å². The number of allylic oxidation sites excluding steroid dienone is 1. The van der Waals surface area contributed by atoms with E-state index in [0.29, 0.717) is 45.1 Å². The molecule has 3 N–H and O–H groups in total. The Hall–Kier alpha value is -3.14. The molecule has 8 heteroatoms. The molecule has 0 fully saturated rings. The minimum absolute atomic E-state index is 0.0144. The lowest BCUT2D eigenvalue weighted by Gasteiger charge is -2.25. The number of halogens is 2. The number of H-pyrrole nitrogens is 1. The van der Waals surface area contributed by atoms with Gasteiger partial charge in [0.05, 0.1) is 28.8 Å². The third-order valence-electron chi connectivity index (χ3n) is 4.83. The van der Waals surface area contributed by atoms with Crippen LogP contribution in [-0.4, -0.2) is 16.8 Å². The Bertz CT molecular complexity index is 1180. The molecule has 0 unspecified atom stereocenters. The Morgan fingerprint density at radius 3 is 2.80 bits per heavy atom. The van der Waals surface area contributed by atoms with Crippen LogP contribution in [0.4, 0.5) is 0 Å². The van der Waals surface area contributed by atoms with E-state index in [4.69, 9.17) is 38.4 Å². The number of aromatic nitrogens is 2. The molecule has 0 spiro atoms. The Kier molecular flexibility index (Phi) is 5.58. The number of aromatic amines is 1. The number of fused-ring (bicyclic) bond motifs is 1. The number of nitrogens with two attached hydrogens (primary N) is 1. The summed E-state index contributed by atoms with van der Waals surface area (Å²) in [5.41, 5.74) is 9.13. The van der Waals surface area contributed by atoms with Crippen LogP contribution in [0.3, 0.4) is 0 Å². The normalized spacial score (nSPS) is 15.3. The minimum Gasteiger partial charge on any atom is -0.493 e. The third kappa shape index (κ3) is 3.47. The second kappa shape index (κ2) is 8.31. The van der Waals surface area contributed by atoms with E-state index in [1.807, 2.05) is 31.2 Å². The molecule has 1 aromatic heterocycles. The van der Waals surface area contributed by atoms with Crippen molar-refractivity contribution in [1.29, 1.82) is 5.26 Å². The first-order chi connectivity index (χ1) is 14.5. The number of nitrogens with one attached hydrogen (secondary N) is 1. The number of ether oxygens (including phenoxy) is 2. The van der Waals surface area contributed by atoms with Crippen molar-refractivity contribution in [3.05, 3.63) is 75.1 Å². The van der Waals surface area contributed by atoms with Gasteiger partial charge < -0.3 is 15.2 Å². The lowest BCUT2D eigenvalue weighted by molar-refractivity contribution is 0.312. The van der Waals surface area contributed by atoms with E-state index in [-0.39, 0.29) is 11.5 Å². The Morgan fingerprint density at radius 2 is 2.07 bits per heavy atom. The maximum absolute atomic E-state index is 9.89. The van der Waals surface area contributed by atoms with Gasteiger partial charge in [-0.1, -0.05) is 48.3 Å². The third-order valence-corrected chi connectivity index (χ3v) is 5.38. The zero-order valence-corrected chi connectivity index (χ0v) is 17.6. The summed E-state index contributed by atoms with van der Waals surface area (Å²) in [5, 5.41) is 18.1. The number of nitrogens with zero attached hydrogens (tertiary/aromatic N) is 2. The summed E-state index contributed by atoms with van der Waals surface area (Å²) in [5.74, 6) is 0.447. The van der Waals surface area contributed by atoms with Crippen molar-refractivity contribution in [3.63, 3.8) is 0 Å². The molecule has 0 amide bonds. The highest BCUT2D eigenvalue weighted by Crippen LogP contribution is 2.48. The van der Waals surface area contributed by atoms with Crippen LogP contribution in [0.2, 0.25) is 10.0 Å². The van der Waals surface area contributed by atoms with Gasteiger partial charge in [-0.2, -0.15) is 5.26 Å². The van der Waals surface area contributed by atoms with Gasteiger partial charge in [-0.3, -0.25) is 5.10 Å². The van der Waals surface area contributed by atoms with Gasteiger partial charge in [-0.15, -0.1) is 5.10 Å². The summed E-state index contributed by atoms with van der Waals surface area (Å²) < 4.78 is 11.6. The maximum atomic E-state index is 9.89. The lowest BCUT2D eigenvalue weighted by Crippen LogP contribution is -2.21. The highest BCUT2D eigenvalue weighted by molar-refractivity contribution is 6.36. The van der Waals surface area contributed by atoms with Crippen molar-refractivity contribution >= 4 is 23.2 Å². The second-order valence-corrected chi connectivity index (χ2v) is 7.60. The molecule has 0 radical (unpaired) electrons. The van der Waals surface area contributed by atoms with Crippen LogP contribution in [-0.2, 0) is 0 Å². The molecule has 2 aromatic carbocycles. The maximum Gasteiger partial charge on any atom is 0.244 e. The Labute approximate surface area is 183 Å². The number of para-hydroxylation sites is 1. The summed E-state index contributed by atoms with van der Waals surface area (Å²) in [6.07, 6.45) is 0.855. The van der Waals surface area contributed by atoms with Gasteiger partial charge in [0.15, 0.2) is 0 Å². The quantitative estimate of drug-likeness (QED) is 0.553. The van der Waals surface area contributed by atoms with Gasteiger partial charge in [0, 0.05) is 16.1 Å². The van der Waals surface area contributed by atoms with Gasteiger partial charge in [-0.05, 0) is 30.7 Å². The van der Waals surface area contributed by atoms with E-state index in [0.717, 1.165) is 12.0 Å². The van der Waals surface area contributed by atoms with Gasteiger partial charge in [0.2, 0.25) is 11.8 Å². The van der Waals surface area contributed by atoms with E-state index in [9.17, 15) is 5.26 Å². The summed E-state index contributed by atoms with van der Waals surface area (Å²) in [7, 11) is 0. The molecule has 1 aliphatic heterocycles. The first-order valence-corrected chi connectivity index (χ1v) is 10.1. The standard InChI is InChI=1S/C22H18Cl2N4O2/c1-2-9-29-17-6-4-3-5-14(17)18-15(11-25)21(26)30-22-19(18)20(27-28-22)13-8-7-12(23)10-16(13)24/h3-8,10,18H,2,9,26H2,1H3,(H,27,28)/t18-/m1/s1. The molecule has 30 heavy (non-hydrogen) atoms. The smallest absolute Gasteiger partial charge is 0.244 e. The number of benzene rings is 2.